The molecule has 3 rings (SSSR count). The van der Waals surface area contributed by atoms with Gasteiger partial charge in [-0.05, 0) is 50.6 Å². The molecule has 170 valence electrons. The standard InChI is InChI=1S/C22H22ClF2N3O3S/c1-13(2)31-9-3-8-28-21(30)16-6-4-14(23)10-19(16)27-22(28)32-12-20(29)26-15-5-7-17(24)18(25)11-15/h4-7,10-11,13H,3,8-9,12H2,1-2H3,(H,26,29). The van der Waals surface area contributed by atoms with E-state index >= 15 is 0 Å². The number of halogens is 3. The molecule has 0 radical (unpaired) electrons. The molecule has 0 atom stereocenters. The summed E-state index contributed by atoms with van der Waals surface area (Å²) in [5.74, 6) is -2.58. The van der Waals surface area contributed by atoms with E-state index < -0.39 is 17.5 Å². The Labute approximate surface area is 192 Å². The Bertz CT molecular complexity index is 1190. The van der Waals surface area contributed by atoms with Crippen molar-refractivity contribution in [3.63, 3.8) is 0 Å². The van der Waals surface area contributed by atoms with Gasteiger partial charge >= 0.3 is 0 Å². The smallest absolute Gasteiger partial charge is 0.262 e. The molecule has 0 bridgehead atoms. The summed E-state index contributed by atoms with van der Waals surface area (Å²) < 4.78 is 33.5. The van der Waals surface area contributed by atoms with Crippen molar-refractivity contribution in [2.45, 2.75) is 38.1 Å². The lowest BCUT2D eigenvalue weighted by Crippen LogP contribution is -2.25. The van der Waals surface area contributed by atoms with E-state index in [9.17, 15) is 18.4 Å². The number of ether oxygens (including phenoxy) is 1. The molecule has 0 aliphatic heterocycles. The van der Waals surface area contributed by atoms with Crippen molar-refractivity contribution < 1.29 is 18.3 Å². The van der Waals surface area contributed by atoms with Crippen LogP contribution < -0.4 is 10.9 Å². The molecule has 3 aromatic rings. The number of anilines is 1. The number of benzene rings is 2. The summed E-state index contributed by atoms with van der Waals surface area (Å²) >= 11 is 7.11. The maximum atomic E-state index is 13.4. The lowest BCUT2D eigenvalue weighted by atomic mass is 10.2. The van der Waals surface area contributed by atoms with Gasteiger partial charge in [0.15, 0.2) is 16.8 Å². The molecule has 1 aromatic heterocycles. The topological polar surface area (TPSA) is 73.2 Å². The van der Waals surface area contributed by atoms with Crippen LogP contribution in [0.4, 0.5) is 14.5 Å². The highest BCUT2D eigenvalue weighted by atomic mass is 35.5. The van der Waals surface area contributed by atoms with Crippen LogP contribution in [-0.4, -0.2) is 33.9 Å². The number of hydrogen-bond acceptors (Lipinski definition) is 5. The van der Waals surface area contributed by atoms with Gasteiger partial charge in [0.2, 0.25) is 5.91 Å². The van der Waals surface area contributed by atoms with Gasteiger partial charge in [0, 0.05) is 29.9 Å². The molecule has 0 fully saturated rings. The molecule has 2 aromatic carbocycles. The van der Waals surface area contributed by atoms with Crippen LogP contribution in [0.25, 0.3) is 10.9 Å². The summed E-state index contributed by atoms with van der Waals surface area (Å²) in [4.78, 5) is 29.9. The van der Waals surface area contributed by atoms with Crippen molar-refractivity contribution >= 4 is 45.9 Å². The summed E-state index contributed by atoms with van der Waals surface area (Å²) in [6, 6.07) is 7.94. The molecule has 0 saturated carbocycles. The number of amides is 1. The number of carbonyl (C=O) groups is 1. The van der Waals surface area contributed by atoms with E-state index in [4.69, 9.17) is 16.3 Å². The predicted molar refractivity (Wildman–Crippen MR) is 122 cm³/mol. The third-order valence-electron chi connectivity index (χ3n) is 4.40. The van der Waals surface area contributed by atoms with E-state index in [0.717, 1.165) is 23.9 Å². The highest BCUT2D eigenvalue weighted by Gasteiger charge is 2.14. The molecule has 32 heavy (non-hydrogen) atoms. The van der Waals surface area contributed by atoms with Gasteiger partial charge in [-0.3, -0.25) is 14.2 Å². The van der Waals surface area contributed by atoms with Crippen LogP contribution in [0, 0.1) is 11.6 Å². The van der Waals surface area contributed by atoms with Crippen LogP contribution in [0.2, 0.25) is 5.02 Å². The van der Waals surface area contributed by atoms with E-state index in [1.807, 2.05) is 13.8 Å². The van der Waals surface area contributed by atoms with Crippen molar-refractivity contribution in [2.24, 2.45) is 0 Å². The van der Waals surface area contributed by atoms with Crippen LogP contribution in [-0.2, 0) is 16.1 Å². The largest absolute Gasteiger partial charge is 0.379 e. The van der Waals surface area contributed by atoms with E-state index in [2.05, 4.69) is 10.3 Å². The number of aromatic nitrogens is 2. The van der Waals surface area contributed by atoms with Gasteiger partial charge in [-0.1, -0.05) is 23.4 Å². The molecule has 0 unspecified atom stereocenters. The van der Waals surface area contributed by atoms with Gasteiger partial charge in [-0.2, -0.15) is 0 Å². The monoisotopic (exact) mass is 481 g/mol. The van der Waals surface area contributed by atoms with Crippen molar-refractivity contribution in [2.75, 3.05) is 17.7 Å². The molecule has 10 heteroatoms. The number of nitrogens with one attached hydrogen (secondary N) is 1. The molecule has 1 N–H and O–H groups in total. The predicted octanol–water partition coefficient (Wildman–Crippen LogP) is 4.87. The molecule has 0 aliphatic rings. The van der Waals surface area contributed by atoms with Crippen LogP contribution in [0.1, 0.15) is 20.3 Å². The second-order valence-corrected chi connectivity index (χ2v) is 8.63. The summed E-state index contributed by atoms with van der Waals surface area (Å²) in [6.45, 7) is 4.70. The fourth-order valence-electron chi connectivity index (χ4n) is 2.92. The Kier molecular flexibility index (Phi) is 8.22. The van der Waals surface area contributed by atoms with E-state index in [1.165, 1.54) is 10.6 Å². The van der Waals surface area contributed by atoms with Gasteiger partial charge < -0.3 is 10.1 Å². The van der Waals surface area contributed by atoms with Crippen molar-refractivity contribution in [3.8, 4) is 0 Å². The fourth-order valence-corrected chi connectivity index (χ4v) is 3.92. The van der Waals surface area contributed by atoms with Crippen LogP contribution in [0.5, 0.6) is 0 Å². The summed E-state index contributed by atoms with van der Waals surface area (Å²) in [7, 11) is 0. The average molecular weight is 482 g/mol. The summed E-state index contributed by atoms with van der Waals surface area (Å²) in [5.41, 5.74) is 0.330. The first-order chi connectivity index (χ1) is 15.2. The van der Waals surface area contributed by atoms with Gasteiger partial charge in [0.1, 0.15) is 0 Å². The SMILES string of the molecule is CC(C)OCCCn1c(SCC(=O)Nc2ccc(F)c(F)c2)nc2cc(Cl)ccc2c1=O. The average Bonchev–Trinajstić information content (AvgIpc) is 2.73. The maximum absolute atomic E-state index is 13.4. The van der Waals surface area contributed by atoms with E-state index in [-0.39, 0.29) is 23.1 Å². The van der Waals surface area contributed by atoms with E-state index in [1.54, 1.807) is 18.2 Å². The number of fused-ring (bicyclic) bond motifs is 1. The van der Waals surface area contributed by atoms with Gasteiger partial charge in [-0.15, -0.1) is 0 Å². The Morgan fingerprint density at radius 1 is 1.22 bits per heavy atom. The molecule has 0 saturated heterocycles. The third-order valence-corrected chi connectivity index (χ3v) is 5.61. The normalized spacial score (nSPS) is 11.3. The minimum absolute atomic E-state index is 0.0810. The number of thioether (sulfide) groups is 1. The first-order valence-electron chi connectivity index (χ1n) is 9.94. The van der Waals surface area contributed by atoms with Gasteiger partial charge in [0.05, 0.1) is 22.8 Å². The number of rotatable bonds is 9. The summed E-state index contributed by atoms with van der Waals surface area (Å²) in [6.07, 6.45) is 0.672. The molecule has 1 heterocycles. The first-order valence-corrected chi connectivity index (χ1v) is 11.3. The minimum atomic E-state index is -1.05. The summed E-state index contributed by atoms with van der Waals surface area (Å²) in [5, 5.41) is 3.73. The zero-order valence-electron chi connectivity index (χ0n) is 17.5. The fraction of sp³-hybridized carbons (Fsp3) is 0.318. The second kappa shape index (κ2) is 10.9. The second-order valence-electron chi connectivity index (χ2n) is 7.25. The maximum Gasteiger partial charge on any atom is 0.262 e. The number of hydrogen-bond donors (Lipinski definition) is 1. The Morgan fingerprint density at radius 2 is 2.00 bits per heavy atom. The van der Waals surface area contributed by atoms with Crippen molar-refractivity contribution in [1.29, 1.82) is 0 Å². The van der Waals surface area contributed by atoms with Crippen molar-refractivity contribution in [3.05, 3.63) is 63.4 Å². The van der Waals surface area contributed by atoms with Crippen LogP contribution in [0.3, 0.4) is 0 Å². The Balaban J connectivity index is 1.79. The highest BCUT2D eigenvalue weighted by molar-refractivity contribution is 7.99. The van der Waals surface area contributed by atoms with Crippen LogP contribution >= 0.6 is 23.4 Å². The number of carbonyl (C=O) groups excluding carboxylic acids is 1. The van der Waals surface area contributed by atoms with Crippen molar-refractivity contribution in [1.82, 2.24) is 9.55 Å². The first kappa shape index (κ1) is 24.2. The zero-order chi connectivity index (χ0) is 23.3. The molecule has 1 amide bonds. The van der Waals surface area contributed by atoms with Gasteiger partial charge in [0.25, 0.3) is 5.56 Å². The molecule has 6 nitrogen and oxygen atoms in total. The quantitative estimate of drug-likeness (QED) is 0.268. The van der Waals surface area contributed by atoms with Crippen LogP contribution in [0.15, 0.2) is 46.3 Å². The molecule has 0 spiro atoms. The zero-order valence-corrected chi connectivity index (χ0v) is 19.1. The lowest BCUT2D eigenvalue weighted by Gasteiger charge is -2.14. The molecular weight excluding hydrogens is 460 g/mol. The number of nitrogens with zero attached hydrogens (tertiary/aromatic N) is 2. The van der Waals surface area contributed by atoms with Gasteiger partial charge in [-0.25, -0.2) is 13.8 Å². The van der Waals surface area contributed by atoms with E-state index in [0.29, 0.717) is 40.7 Å². The lowest BCUT2D eigenvalue weighted by molar-refractivity contribution is -0.113. The molecule has 0 aliphatic carbocycles. The minimum Gasteiger partial charge on any atom is -0.379 e. The Morgan fingerprint density at radius 3 is 2.72 bits per heavy atom. The Hall–Kier alpha value is -2.49. The third kappa shape index (κ3) is 6.27. The highest BCUT2D eigenvalue weighted by Crippen LogP contribution is 2.21. The molecular formula is C22H22ClF2N3O3S.